The van der Waals surface area contributed by atoms with Crippen molar-refractivity contribution in [1.82, 2.24) is 15.3 Å². The molecule has 2 saturated carbocycles. The fraction of sp³-hybridized carbons (Fsp3) is 0.600. The van der Waals surface area contributed by atoms with Crippen LogP contribution in [0.25, 0.3) is 11.1 Å². The Balaban J connectivity index is 1.39. The summed E-state index contributed by atoms with van der Waals surface area (Å²) in [7, 11) is 1.74. The molecule has 0 amide bonds. The first kappa shape index (κ1) is 24.2. The molecule has 0 aliphatic heterocycles. The second-order valence-electron chi connectivity index (χ2n) is 9.99. The van der Waals surface area contributed by atoms with Crippen LogP contribution in [-0.4, -0.2) is 48.4 Å². The maximum atomic E-state index is 14.3. The molecule has 8 heteroatoms. The van der Waals surface area contributed by atoms with Crippen LogP contribution in [0.5, 0.6) is 0 Å². The average molecular weight is 476 g/mol. The van der Waals surface area contributed by atoms with E-state index in [1.165, 1.54) is 19.0 Å². The number of methoxy groups -OCH3 is 1. The van der Waals surface area contributed by atoms with Crippen LogP contribution in [0.15, 0.2) is 24.5 Å². The van der Waals surface area contributed by atoms with Crippen molar-refractivity contribution in [2.75, 3.05) is 30.9 Å². The van der Waals surface area contributed by atoms with Gasteiger partial charge in [-0.2, -0.15) is 4.39 Å². The summed E-state index contributed by atoms with van der Waals surface area (Å²) in [5.41, 5.74) is 2.25. The normalized spacial score (nSPS) is 22.6. The molecule has 6 nitrogen and oxygen atoms in total. The van der Waals surface area contributed by atoms with Gasteiger partial charge in [-0.15, -0.1) is 0 Å². The Labute approximate surface area is 201 Å². The molecule has 0 aromatic carbocycles. The molecular formula is C25H35ClFN5O. The summed E-state index contributed by atoms with van der Waals surface area (Å²) in [5, 5.41) is 11.0. The Kier molecular flexibility index (Phi) is 7.72. The summed E-state index contributed by atoms with van der Waals surface area (Å²) in [5.74, 6) is 0.291. The van der Waals surface area contributed by atoms with Gasteiger partial charge >= 0.3 is 0 Å². The predicted molar refractivity (Wildman–Crippen MR) is 132 cm³/mol. The van der Waals surface area contributed by atoms with Gasteiger partial charge in [0.15, 0.2) is 0 Å². The largest absolute Gasteiger partial charge is 0.383 e. The Morgan fingerprint density at radius 3 is 2.58 bits per heavy atom. The van der Waals surface area contributed by atoms with Crippen molar-refractivity contribution in [3.8, 4) is 11.1 Å². The van der Waals surface area contributed by atoms with Crippen LogP contribution in [0.4, 0.5) is 15.9 Å². The zero-order valence-corrected chi connectivity index (χ0v) is 20.5. The summed E-state index contributed by atoms with van der Waals surface area (Å²) >= 11 is 6.47. The lowest BCUT2D eigenvalue weighted by molar-refractivity contribution is 0.161. The van der Waals surface area contributed by atoms with E-state index in [9.17, 15) is 4.39 Å². The van der Waals surface area contributed by atoms with Gasteiger partial charge in [-0.05, 0) is 63.0 Å². The number of nitrogens with one attached hydrogen (secondary N) is 3. The number of halogens is 2. The number of pyridine rings is 2. The summed E-state index contributed by atoms with van der Waals surface area (Å²) in [6, 6.07) is 4.98. The summed E-state index contributed by atoms with van der Waals surface area (Å²) in [4.78, 5) is 8.45. The number of rotatable bonds is 10. The molecule has 3 N–H and O–H groups in total. The van der Waals surface area contributed by atoms with Gasteiger partial charge in [-0.25, -0.2) is 9.97 Å². The first-order chi connectivity index (χ1) is 15.8. The SMILES string of the molecule is COC[C@@H](C)NC1CCC(Nc2cc(-c3cnc(F)c(NCC4(C)CC4)c3)c(Cl)cn2)CC1. The maximum absolute atomic E-state index is 14.3. The third-order valence-corrected chi connectivity index (χ3v) is 7.13. The first-order valence-electron chi connectivity index (χ1n) is 11.9. The van der Waals surface area contributed by atoms with Crippen molar-refractivity contribution in [3.63, 3.8) is 0 Å². The van der Waals surface area contributed by atoms with Gasteiger partial charge in [0, 0.05) is 55.3 Å². The molecule has 33 heavy (non-hydrogen) atoms. The van der Waals surface area contributed by atoms with Gasteiger partial charge in [-0.3, -0.25) is 0 Å². The Bertz CT molecular complexity index is 946. The average Bonchev–Trinajstić information content (AvgIpc) is 3.53. The van der Waals surface area contributed by atoms with E-state index in [1.807, 2.05) is 6.07 Å². The van der Waals surface area contributed by atoms with Crippen molar-refractivity contribution in [3.05, 3.63) is 35.5 Å². The second-order valence-corrected chi connectivity index (χ2v) is 10.4. The van der Waals surface area contributed by atoms with Gasteiger partial charge in [0.2, 0.25) is 5.95 Å². The van der Waals surface area contributed by atoms with Crippen LogP contribution in [0.1, 0.15) is 52.4 Å². The highest BCUT2D eigenvalue weighted by atomic mass is 35.5. The van der Waals surface area contributed by atoms with Crippen LogP contribution in [0, 0.1) is 11.4 Å². The molecular weight excluding hydrogens is 441 g/mol. The Morgan fingerprint density at radius 2 is 1.88 bits per heavy atom. The summed E-state index contributed by atoms with van der Waals surface area (Å²) in [6.45, 7) is 5.83. The molecule has 0 radical (unpaired) electrons. The zero-order chi connectivity index (χ0) is 23.4. The van der Waals surface area contributed by atoms with E-state index in [2.05, 4.69) is 39.8 Å². The molecule has 0 bridgehead atoms. The Morgan fingerprint density at radius 1 is 1.15 bits per heavy atom. The van der Waals surface area contributed by atoms with E-state index in [-0.39, 0.29) is 5.41 Å². The standard InChI is InChI=1S/C25H35ClFN5O/c1-16(14-33-3)31-18-4-6-19(7-5-18)32-23-11-20(21(26)13-28-23)17-10-22(24(27)29-12-17)30-15-25(2)8-9-25/h10-13,16,18-19,30-31H,4-9,14-15H2,1-3H3,(H,28,32)/t16-,18?,19?/m1/s1. The molecule has 1 atom stereocenters. The van der Waals surface area contributed by atoms with Crippen LogP contribution >= 0.6 is 11.6 Å². The van der Waals surface area contributed by atoms with Crippen LogP contribution in [-0.2, 0) is 4.74 Å². The number of anilines is 2. The molecule has 2 aliphatic carbocycles. The molecule has 2 aromatic rings. The van der Waals surface area contributed by atoms with Crippen LogP contribution in [0.3, 0.4) is 0 Å². The smallest absolute Gasteiger partial charge is 0.236 e. The first-order valence-corrected chi connectivity index (χ1v) is 12.3. The molecule has 4 rings (SSSR count). The molecule has 2 aromatic heterocycles. The lowest BCUT2D eigenvalue weighted by Crippen LogP contribution is -2.42. The van der Waals surface area contributed by atoms with E-state index in [1.54, 1.807) is 19.4 Å². The van der Waals surface area contributed by atoms with E-state index >= 15 is 0 Å². The van der Waals surface area contributed by atoms with Crippen LogP contribution < -0.4 is 16.0 Å². The van der Waals surface area contributed by atoms with E-state index in [0.717, 1.165) is 55.8 Å². The highest BCUT2D eigenvalue weighted by Gasteiger charge is 2.37. The van der Waals surface area contributed by atoms with E-state index in [0.29, 0.717) is 28.8 Å². The third-order valence-electron chi connectivity index (χ3n) is 6.83. The van der Waals surface area contributed by atoms with Gasteiger partial charge in [0.05, 0.1) is 17.3 Å². The van der Waals surface area contributed by atoms with E-state index < -0.39 is 5.95 Å². The number of nitrogens with zero attached hydrogens (tertiary/aromatic N) is 2. The molecule has 180 valence electrons. The van der Waals surface area contributed by atoms with E-state index in [4.69, 9.17) is 16.3 Å². The highest BCUT2D eigenvalue weighted by molar-refractivity contribution is 6.33. The quantitative estimate of drug-likeness (QED) is 0.394. The van der Waals surface area contributed by atoms with Crippen LogP contribution in [0.2, 0.25) is 5.02 Å². The lowest BCUT2D eigenvalue weighted by atomic mass is 9.90. The number of ether oxygens (including phenoxy) is 1. The van der Waals surface area contributed by atoms with Gasteiger partial charge in [0.25, 0.3) is 0 Å². The highest BCUT2D eigenvalue weighted by Crippen LogP contribution is 2.45. The minimum absolute atomic E-state index is 0.268. The topological polar surface area (TPSA) is 71.1 Å². The number of hydrogen-bond acceptors (Lipinski definition) is 6. The number of aromatic nitrogens is 2. The van der Waals surface area contributed by atoms with Crippen molar-refractivity contribution < 1.29 is 9.13 Å². The maximum Gasteiger partial charge on any atom is 0.236 e. The van der Waals surface area contributed by atoms with Crippen molar-refractivity contribution >= 4 is 23.1 Å². The number of hydrogen-bond donors (Lipinski definition) is 3. The Hall–Kier alpha value is -1.96. The zero-order valence-electron chi connectivity index (χ0n) is 19.8. The van der Waals surface area contributed by atoms with Crippen molar-refractivity contribution in [2.45, 2.75) is 70.5 Å². The molecule has 2 fully saturated rings. The summed E-state index contributed by atoms with van der Waals surface area (Å²) in [6.07, 6.45) is 9.89. The van der Waals surface area contributed by atoms with Gasteiger partial charge < -0.3 is 20.7 Å². The van der Waals surface area contributed by atoms with Gasteiger partial charge in [-0.1, -0.05) is 18.5 Å². The monoisotopic (exact) mass is 475 g/mol. The third kappa shape index (κ3) is 6.55. The molecule has 0 spiro atoms. The molecule has 0 unspecified atom stereocenters. The molecule has 2 heterocycles. The molecule has 0 saturated heterocycles. The predicted octanol–water partition coefficient (Wildman–Crippen LogP) is 5.50. The minimum Gasteiger partial charge on any atom is -0.383 e. The van der Waals surface area contributed by atoms with Crippen molar-refractivity contribution in [1.29, 1.82) is 0 Å². The fourth-order valence-corrected chi connectivity index (χ4v) is 4.68. The second kappa shape index (κ2) is 10.5. The molecule has 2 aliphatic rings. The lowest BCUT2D eigenvalue weighted by Gasteiger charge is -2.32. The fourth-order valence-electron chi connectivity index (χ4n) is 4.47. The van der Waals surface area contributed by atoms with Crippen molar-refractivity contribution in [2.24, 2.45) is 5.41 Å². The van der Waals surface area contributed by atoms with Gasteiger partial charge in [0.1, 0.15) is 5.82 Å². The summed E-state index contributed by atoms with van der Waals surface area (Å²) < 4.78 is 19.5. The minimum atomic E-state index is -0.489.